The van der Waals surface area contributed by atoms with E-state index in [1.165, 1.54) is 0 Å². The van der Waals surface area contributed by atoms with Gasteiger partial charge < -0.3 is 10.1 Å². The minimum atomic E-state index is -1.49. The standard InChI is InChI=1S/C4H5Cl3NO2/c1-10-3(9)8-2-4(5,6)7/h1-2H2,(H,8,9). The summed E-state index contributed by atoms with van der Waals surface area (Å²) in [5.41, 5.74) is 0. The zero-order valence-corrected chi connectivity index (χ0v) is 7.13. The van der Waals surface area contributed by atoms with E-state index in [4.69, 9.17) is 34.8 Å². The molecule has 0 aromatic heterocycles. The first-order chi connectivity index (χ1) is 4.45. The number of alkyl halides is 3. The first kappa shape index (κ1) is 10.1. The lowest BCUT2D eigenvalue weighted by Crippen LogP contribution is -2.31. The van der Waals surface area contributed by atoms with E-state index in [1.54, 1.807) is 0 Å². The van der Waals surface area contributed by atoms with E-state index in [0.717, 1.165) is 0 Å². The largest absolute Gasteiger partial charge is 0.446 e. The number of hydrogen-bond acceptors (Lipinski definition) is 2. The summed E-state index contributed by atoms with van der Waals surface area (Å²) in [4.78, 5) is 10.3. The van der Waals surface area contributed by atoms with Gasteiger partial charge in [0.05, 0.1) is 6.54 Å². The normalized spacial score (nSPS) is 10.8. The maximum Gasteiger partial charge on any atom is 0.407 e. The fourth-order valence-corrected chi connectivity index (χ4v) is 0.424. The minimum absolute atomic E-state index is 0.105. The Labute approximate surface area is 73.6 Å². The van der Waals surface area contributed by atoms with Crippen LogP contribution in [0.15, 0.2) is 0 Å². The number of ether oxygens (including phenoxy) is 1. The molecule has 59 valence electrons. The summed E-state index contributed by atoms with van der Waals surface area (Å²) >= 11 is 15.8. The Morgan fingerprint density at radius 1 is 1.60 bits per heavy atom. The fourth-order valence-electron chi connectivity index (χ4n) is 0.223. The van der Waals surface area contributed by atoms with Crippen molar-refractivity contribution in [2.75, 3.05) is 6.54 Å². The van der Waals surface area contributed by atoms with Gasteiger partial charge in [0.25, 0.3) is 0 Å². The van der Waals surface area contributed by atoms with Crippen LogP contribution in [0.2, 0.25) is 0 Å². The molecule has 0 aliphatic heterocycles. The van der Waals surface area contributed by atoms with E-state index in [2.05, 4.69) is 17.2 Å². The molecule has 0 rings (SSSR count). The predicted octanol–water partition coefficient (Wildman–Crippen LogP) is 1.87. The van der Waals surface area contributed by atoms with Gasteiger partial charge in [-0.2, -0.15) is 0 Å². The van der Waals surface area contributed by atoms with Crippen LogP contribution < -0.4 is 5.32 Å². The topological polar surface area (TPSA) is 38.3 Å². The molecule has 0 atom stereocenters. The number of amides is 1. The van der Waals surface area contributed by atoms with Gasteiger partial charge in [-0.3, -0.25) is 0 Å². The van der Waals surface area contributed by atoms with E-state index in [0.29, 0.717) is 0 Å². The lowest BCUT2D eigenvalue weighted by Gasteiger charge is -2.10. The van der Waals surface area contributed by atoms with E-state index >= 15 is 0 Å². The van der Waals surface area contributed by atoms with Crippen molar-refractivity contribution in [1.29, 1.82) is 0 Å². The van der Waals surface area contributed by atoms with Crippen LogP contribution in [-0.4, -0.2) is 16.4 Å². The molecule has 0 saturated heterocycles. The third-order valence-electron chi connectivity index (χ3n) is 0.564. The lowest BCUT2D eigenvalue weighted by atomic mass is 10.7. The van der Waals surface area contributed by atoms with Gasteiger partial charge in [0, 0.05) is 0 Å². The number of halogens is 3. The summed E-state index contributed by atoms with van der Waals surface area (Å²) in [7, 11) is 2.84. The number of nitrogens with one attached hydrogen (secondary N) is 1. The fraction of sp³-hybridized carbons (Fsp3) is 0.500. The van der Waals surface area contributed by atoms with Crippen LogP contribution in [0.25, 0.3) is 0 Å². The molecule has 0 aromatic carbocycles. The predicted molar refractivity (Wildman–Crippen MR) is 40.1 cm³/mol. The highest BCUT2D eigenvalue weighted by Gasteiger charge is 2.20. The molecule has 0 spiro atoms. The second-order valence-corrected chi connectivity index (χ2v) is 3.92. The van der Waals surface area contributed by atoms with Gasteiger partial charge in [-0.1, -0.05) is 34.8 Å². The molecule has 0 bridgehead atoms. The van der Waals surface area contributed by atoms with Crippen LogP contribution in [0, 0.1) is 7.11 Å². The van der Waals surface area contributed by atoms with Crippen molar-refractivity contribution in [3.05, 3.63) is 7.11 Å². The molecule has 1 amide bonds. The Kier molecular flexibility index (Phi) is 4.17. The zero-order valence-electron chi connectivity index (χ0n) is 4.86. The molecule has 0 fully saturated rings. The molecule has 1 N–H and O–H groups in total. The highest BCUT2D eigenvalue weighted by molar-refractivity contribution is 6.67. The number of alkyl carbamates (subject to hydrolysis) is 1. The first-order valence-corrected chi connectivity index (χ1v) is 3.35. The van der Waals surface area contributed by atoms with Gasteiger partial charge >= 0.3 is 6.09 Å². The summed E-state index contributed by atoms with van der Waals surface area (Å²) < 4.78 is 2.48. The number of carbonyl (C=O) groups excluding carboxylic acids is 1. The van der Waals surface area contributed by atoms with Crippen molar-refractivity contribution in [3.63, 3.8) is 0 Å². The molecule has 0 aromatic rings. The van der Waals surface area contributed by atoms with Crippen LogP contribution in [0.5, 0.6) is 0 Å². The summed E-state index contributed by atoms with van der Waals surface area (Å²) in [6.07, 6.45) is -0.730. The molecule has 0 aliphatic carbocycles. The van der Waals surface area contributed by atoms with E-state index in [1.807, 2.05) is 0 Å². The number of rotatable bonds is 1. The summed E-state index contributed by atoms with van der Waals surface area (Å²) in [6.45, 7) is -0.105. The Hall–Kier alpha value is 0.140. The van der Waals surface area contributed by atoms with E-state index in [9.17, 15) is 4.79 Å². The van der Waals surface area contributed by atoms with Gasteiger partial charge in [0.2, 0.25) is 3.79 Å². The SMILES string of the molecule is [CH2]OC(=O)NCC(Cl)(Cl)Cl. The summed E-state index contributed by atoms with van der Waals surface area (Å²) in [5, 5.41) is 2.15. The average Bonchev–Trinajstić information content (AvgIpc) is 1.81. The second kappa shape index (κ2) is 4.11. The zero-order chi connectivity index (χ0) is 8.20. The van der Waals surface area contributed by atoms with Crippen molar-refractivity contribution in [2.45, 2.75) is 3.79 Å². The average molecular weight is 205 g/mol. The van der Waals surface area contributed by atoms with Crippen LogP contribution in [0.4, 0.5) is 4.79 Å². The third-order valence-corrected chi connectivity index (χ3v) is 0.965. The molecular formula is C4H5Cl3NO2. The van der Waals surface area contributed by atoms with Gasteiger partial charge in [0.1, 0.15) is 7.11 Å². The van der Waals surface area contributed by atoms with Crippen LogP contribution >= 0.6 is 34.8 Å². The van der Waals surface area contributed by atoms with Gasteiger partial charge in [0.15, 0.2) is 0 Å². The van der Waals surface area contributed by atoms with Crippen LogP contribution in [0.1, 0.15) is 0 Å². The maximum absolute atomic E-state index is 10.3. The Balaban J connectivity index is 3.46. The number of hydrogen-bond donors (Lipinski definition) is 1. The molecule has 3 nitrogen and oxygen atoms in total. The molecule has 0 unspecified atom stereocenters. The smallest absolute Gasteiger partial charge is 0.407 e. The molecular weight excluding hydrogens is 200 g/mol. The van der Waals surface area contributed by atoms with Crippen molar-refractivity contribution in [1.82, 2.24) is 5.32 Å². The van der Waals surface area contributed by atoms with Crippen molar-refractivity contribution >= 4 is 40.9 Å². The molecule has 10 heavy (non-hydrogen) atoms. The third kappa shape index (κ3) is 6.26. The Bertz CT molecular complexity index is 122. The van der Waals surface area contributed by atoms with Crippen LogP contribution in [-0.2, 0) is 4.74 Å². The minimum Gasteiger partial charge on any atom is -0.446 e. The monoisotopic (exact) mass is 204 g/mol. The summed E-state index contributed by atoms with van der Waals surface area (Å²) in [5.74, 6) is 0. The molecule has 0 heterocycles. The van der Waals surface area contributed by atoms with E-state index < -0.39 is 9.89 Å². The molecule has 0 saturated carbocycles. The first-order valence-electron chi connectivity index (χ1n) is 2.22. The molecule has 0 aliphatic rings. The van der Waals surface area contributed by atoms with Crippen LogP contribution in [0.3, 0.4) is 0 Å². The highest BCUT2D eigenvalue weighted by atomic mass is 35.6. The van der Waals surface area contributed by atoms with Crippen molar-refractivity contribution in [2.24, 2.45) is 0 Å². The highest BCUT2D eigenvalue weighted by Crippen LogP contribution is 2.24. The molecule has 1 radical (unpaired) electrons. The Morgan fingerprint density at radius 3 is 2.40 bits per heavy atom. The van der Waals surface area contributed by atoms with Crippen molar-refractivity contribution in [3.8, 4) is 0 Å². The second-order valence-electron chi connectivity index (χ2n) is 1.40. The quantitative estimate of drug-likeness (QED) is 0.664. The molecule has 6 heteroatoms. The van der Waals surface area contributed by atoms with Gasteiger partial charge in [-0.05, 0) is 0 Å². The van der Waals surface area contributed by atoms with Gasteiger partial charge in [-0.15, -0.1) is 0 Å². The Morgan fingerprint density at radius 2 is 2.10 bits per heavy atom. The summed E-state index contributed by atoms with van der Waals surface area (Å²) in [6, 6.07) is 0. The number of carbonyl (C=O) groups is 1. The maximum atomic E-state index is 10.3. The van der Waals surface area contributed by atoms with E-state index in [-0.39, 0.29) is 6.54 Å². The van der Waals surface area contributed by atoms with Crippen molar-refractivity contribution < 1.29 is 9.53 Å². The lowest BCUT2D eigenvalue weighted by molar-refractivity contribution is 0.184. The van der Waals surface area contributed by atoms with Gasteiger partial charge in [-0.25, -0.2) is 4.79 Å².